The normalized spacial score (nSPS) is 14.9. The topological polar surface area (TPSA) is 38.1 Å². The minimum Gasteiger partial charge on any atom is -0.392 e. The molecular weight excluding hydrogens is 212 g/mol. The summed E-state index contributed by atoms with van der Waals surface area (Å²) in [6.07, 6.45) is 5.08. The van der Waals surface area contributed by atoms with Crippen molar-refractivity contribution < 1.29 is 5.11 Å². The molecule has 98 valence electrons. The number of aromatic nitrogens is 2. The lowest BCUT2D eigenvalue weighted by Gasteiger charge is -2.21. The molecule has 2 unspecified atom stereocenters. The Bertz CT molecular complexity index is 333. The summed E-state index contributed by atoms with van der Waals surface area (Å²) in [4.78, 5) is 0. The number of hydrogen-bond acceptors (Lipinski definition) is 2. The van der Waals surface area contributed by atoms with Gasteiger partial charge in [-0.05, 0) is 25.3 Å². The molecule has 2 atom stereocenters. The van der Waals surface area contributed by atoms with Crippen LogP contribution in [-0.2, 0) is 13.5 Å². The summed E-state index contributed by atoms with van der Waals surface area (Å²) in [5, 5.41) is 14.6. The van der Waals surface area contributed by atoms with Gasteiger partial charge in [-0.2, -0.15) is 5.10 Å². The molecule has 0 aliphatic rings. The summed E-state index contributed by atoms with van der Waals surface area (Å²) >= 11 is 0. The molecule has 1 aromatic rings. The Labute approximate surface area is 105 Å². The van der Waals surface area contributed by atoms with Crippen LogP contribution in [0.1, 0.15) is 50.9 Å². The van der Waals surface area contributed by atoms with Crippen molar-refractivity contribution in [2.75, 3.05) is 0 Å². The Morgan fingerprint density at radius 3 is 2.59 bits per heavy atom. The van der Waals surface area contributed by atoms with Crippen molar-refractivity contribution in [3.8, 4) is 0 Å². The zero-order chi connectivity index (χ0) is 12.8. The Kier molecular flexibility index (Phi) is 5.69. The molecule has 1 heterocycles. The zero-order valence-corrected chi connectivity index (χ0v) is 11.6. The van der Waals surface area contributed by atoms with Crippen molar-refractivity contribution in [1.82, 2.24) is 9.78 Å². The average Bonchev–Trinajstić information content (AvgIpc) is 2.58. The molecule has 17 heavy (non-hydrogen) atoms. The van der Waals surface area contributed by atoms with E-state index in [2.05, 4.69) is 25.0 Å². The monoisotopic (exact) mass is 238 g/mol. The van der Waals surface area contributed by atoms with Crippen molar-refractivity contribution in [1.29, 1.82) is 0 Å². The summed E-state index contributed by atoms with van der Waals surface area (Å²) in [6, 6.07) is 2.07. The van der Waals surface area contributed by atoms with Crippen LogP contribution in [0.5, 0.6) is 0 Å². The molecule has 3 heteroatoms. The van der Waals surface area contributed by atoms with Crippen molar-refractivity contribution >= 4 is 0 Å². The van der Waals surface area contributed by atoms with E-state index in [1.807, 2.05) is 18.7 Å². The fourth-order valence-corrected chi connectivity index (χ4v) is 2.37. The van der Waals surface area contributed by atoms with Gasteiger partial charge in [0.05, 0.1) is 11.8 Å². The van der Waals surface area contributed by atoms with E-state index >= 15 is 0 Å². The van der Waals surface area contributed by atoms with Crippen LogP contribution < -0.4 is 0 Å². The van der Waals surface area contributed by atoms with Gasteiger partial charge in [0.15, 0.2) is 0 Å². The maximum atomic E-state index is 10.3. The van der Waals surface area contributed by atoms with Gasteiger partial charge in [-0.25, -0.2) is 0 Å². The Balaban J connectivity index is 2.57. The predicted molar refractivity (Wildman–Crippen MR) is 71.0 cm³/mol. The highest BCUT2D eigenvalue weighted by molar-refractivity contribution is 5.09. The number of rotatable bonds is 7. The molecule has 0 spiro atoms. The Morgan fingerprint density at radius 2 is 2.12 bits per heavy atom. The van der Waals surface area contributed by atoms with Crippen LogP contribution in [0, 0.1) is 12.8 Å². The highest BCUT2D eigenvalue weighted by Crippen LogP contribution is 2.20. The lowest BCUT2D eigenvalue weighted by molar-refractivity contribution is 0.0969. The van der Waals surface area contributed by atoms with Crippen LogP contribution in [0.4, 0.5) is 0 Å². The number of hydrogen-bond donors (Lipinski definition) is 1. The Hall–Kier alpha value is -0.830. The van der Waals surface area contributed by atoms with Gasteiger partial charge in [0.2, 0.25) is 0 Å². The van der Waals surface area contributed by atoms with Crippen LogP contribution in [0.3, 0.4) is 0 Å². The molecule has 3 nitrogen and oxygen atoms in total. The maximum absolute atomic E-state index is 10.3. The molecular formula is C14H26N2O. The van der Waals surface area contributed by atoms with Crippen LogP contribution in [0.25, 0.3) is 0 Å². The number of aliphatic hydroxyl groups excluding tert-OH is 1. The van der Waals surface area contributed by atoms with E-state index in [-0.39, 0.29) is 6.10 Å². The van der Waals surface area contributed by atoms with E-state index in [0.717, 1.165) is 30.7 Å². The third-order valence-corrected chi connectivity index (χ3v) is 3.51. The first-order valence-electron chi connectivity index (χ1n) is 6.76. The van der Waals surface area contributed by atoms with Gasteiger partial charge in [0, 0.05) is 19.2 Å². The molecule has 1 N–H and O–H groups in total. The second-order valence-corrected chi connectivity index (χ2v) is 4.98. The second kappa shape index (κ2) is 6.80. The molecule has 1 rings (SSSR count). The van der Waals surface area contributed by atoms with E-state index in [9.17, 15) is 5.11 Å². The van der Waals surface area contributed by atoms with E-state index in [1.54, 1.807) is 0 Å². The SMILES string of the molecule is CCCCC(CC)C(O)Cc1cc(C)nn1C. The third-order valence-electron chi connectivity index (χ3n) is 3.51. The highest BCUT2D eigenvalue weighted by atomic mass is 16.3. The molecule has 0 saturated carbocycles. The van der Waals surface area contributed by atoms with Crippen LogP contribution in [0.15, 0.2) is 6.07 Å². The lowest BCUT2D eigenvalue weighted by atomic mass is 9.91. The number of nitrogens with zero attached hydrogens (tertiary/aromatic N) is 2. The molecule has 0 aliphatic carbocycles. The third kappa shape index (κ3) is 4.15. The standard InChI is InChI=1S/C14H26N2O/c1-5-7-8-12(6-2)14(17)10-13-9-11(3)15-16(13)4/h9,12,14,17H,5-8,10H2,1-4H3. The fourth-order valence-electron chi connectivity index (χ4n) is 2.37. The predicted octanol–water partition coefficient (Wildman–Crippen LogP) is 2.85. The molecule has 0 aliphatic heterocycles. The first-order valence-corrected chi connectivity index (χ1v) is 6.76. The zero-order valence-electron chi connectivity index (χ0n) is 11.6. The number of aryl methyl sites for hydroxylation is 2. The summed E-state index contributed by atoms with van der Waals surface area (Å²) in [5.74, 6) is 0.421. The molecule has 0 bridgehead atoms. The van der Waals surface area contributed by atoms with E-state index in [4.69, 9.17) is 0 Å². The van der Waals surface area contributed by atoms with Gasteiger partial charge in [-0.15, -0.1) is 0 Å². The van der Waals surface area contributed by atoms with Crippen molar-refractivity contribution in [2.45, 2.75) is 59.0 Å². The lowest BCUT2D eigenvalue weighted by Crippen LogP contribution is -2.23. The average molecular weight is 238 g/mol. The summed E-state index contributed by atoms with van der Waals surface area (Å²) in [5.41, 5.74) is 2.15. The molecule has 0 amide bonds. The smallest absolute Gasteiger partial charge is 0.0623 e. The quantitative estimate of drug-likeness (QED) is 0.793. The first kappa shape index (κ1) is 14.2. The van der Waals surface area contributed by atoms with Crippen LogP contribution >= 0.6 is 0 Å². The largest absolute Gasteiger partial charge is 0.392 e. The number of aliphatic hydroxyl groups is 1. The molecule has 0 saturated heterocycles. The molecule has 1 aromatic heterocycles. The van der Waals surface area contributed by atoms with Gasteiger partial charge >= 0.3 is 0 Å². The van der Waals surface area contributed by atoms with Gasteiger partial charge in [0.25, 0.3) is 0 Å². The van der Waals surface area contributed by atoms with Crippen molar-refractivity contribution in [3.05, 3.63) is 17.5 Å². The van der Waals surface area contributed by atoms with Gasteiger partial charge in [0.1, 0.15) is 0 Å². The van der Waals surface area contributed by atoms with Crippen LogP contribution in [-0.4, -0.2) is 21.0 Å². The van der Waals surface area contributed by atoms with Crippen molar-refractivity contribution in [3.63, 3.8) is 0 Å². The first-order chi connectivity index (χ1) is 8.08. The minimum atomic E-state index is -0.235. The molecule has 0 radical (unpaired) electrons. The fraction of sp³-hybridized carbons (Fsp3) is 0.786. The van der Waals surface area contributed by atoms with Gasteiger partial charge in [-0.1, -0.05) is 33.1 Å². The summed E-state index contributed by atoms with van der Waals surface area (Å²) in [7, 11) is 1.95. The Morgan fingerprint density at radius 1 is 1.41 bits per heavy atom. The van der Waals surface area contributed by atoms with E-state index in [1.165, 1.54) is 12.8 Å². The van der Waals surface area contributed by atoms with Gasteiger partial charge < -0.3 is 5.11 Å². The molecule has 0 fully saturated rings. The van der Waals surface area contributed by atoms with E-state index < -0.39 is 0 Å². The minimum absolute atomic E-state index is 0.235. The highest BCUT2D eigenvalue weighted by Gasteiger charge is 2.18. The van der Waals surface area contributed by atoms with Crippen LogP contribution in [0.2, 0.25) is 0 Å². The summed E-state index contributed by atoms with van der Waals surface area (Å²) < 4.78 is 1.88. The number of unbranched alkanes of at least 4 members (excludes halogenated alkanes) is 1. The second-order valence-electron chi connectivity index (χ2n) is 4.98. The van der Waals surface area contributed by atoms with Crippen molar-refractivity contribution in [2.24, 2.45) is 13.0 Å². The maximum Gasteiger partial charge on any atom is 0.0623 e. The van der Waals surface area contributed by atoms with Gasteiger partial charge in [-0.3, -0.25) is 4.68 Å². The summed E-state index contributed by atoms with van der Waals surface area (Å²) in [6.45, 7) is 6.35. The van der Waals surface area contributed by atoms with E-state index in [0.29, 0.717) is 5.92 Å². The molecule has 0 aromatic carbocycles.